The summed E-state index contributed by atoms with van der Waals surface area (Å²) in [6, 6.07) is 9.68. The quantitative estimate of drug-likeness (QED) is 0.496. The highest BCUT2D eigenvalue weighted by atomic mass is 16.2. The van der Waals surface area contributed by atoms with Crippen LogP contribution in [0.2, 0.25) is 0 Å². The molecular formula is C25H31N7O2. The Morgan fingerprint density at radius 3 is 2.82 bits per heavy atom. The number of para-hydroxylation sites is 1. The van der Waals surface area contributed by atoms with E-state index in [4.69, 9.17) is 0 Å². The van der Waals surface area contributed by atoms with Gasteiger partial charge < -0.3 is 20.9 Å². The SMILES string of the molecule is CC[C@](C)(CNc1cc(N2CC(=O)NC(C)C2)ncn1)c1cccc2c(C(=O)NC)ccnc12. The van der Waals surface area contributed by atoms with Crippen LogP contribution in [0.25, 0.3) is 10.9 Å². The number of hydrogen-bond acceptors (Lipinski definition) is 7. The molecule has 2 atom stereocenters. The number of piperazine rings is 1. The van der Waals surface area contributed by atoms with Gasteiger partial charge in [-0.2, -0.15) is 0 Å². The summed E-state index contributed by atoms with van der Waals surface area (Å²) < 4.78 is 0. The first-order valence-corrected chi connectivity index (χ1v) is 11.5. The number of carbonyl (C=O) groups excluding carboxylic acids is 2. The predicted molar refractivity (Wildman–Crippen MR) is 133 cm³/mol. The van der Waals surface area contributed by atoms with Gasteiger partial charge in [0.25, 0.3) is 5.91 Å². The predicted octanol–water partition coefficient (Wildman–Crippen LogP) is 2.49. The number of fused-ring (bicyclic) bond motifs is 1. The van der Waals surface area contributed by atoms with Gasteiger partial charge in [-0.05, 0) is 25.0 Å². The lowest BCUT2D eigenvalue weighted by Crippen LogP contribution is -2.53. The lowest BCUT2D eigenvalue weighted by Gasteiger charge is -2.32. The summed E-state index contributed by atoms with van der Waals surface area (Å²) in [6.07, 6.45) is 4.06. The molecule has 1 aliphatic heterocycles. The van der Waals surface area contributed by atoms with Gasteiger partial charge in [-0.15, -0.1) is 0 Å². The lowest BCUT2D eigenvalue weighted by atomic mass is 9.78. The van der Waals surface area contributed by atoms with Crippen LogP contribution in [-0.2, 0) is 10.2 Å². The highest BCUT2D eigenvalue weighted by Crippen LogP contribution is 2.34. The van der Waals surface area contributed by atoms with E-state index < -0.39 is 0 Å². The van der Waals surface area contributed by atoms with Crippen molar-refractivity contribution in [2.24, 2.45) is 0 Å². The maximum atomic E-state index is 12.4. The third-order valence-corrected chi connectivity index (χ3v) is 6.55. The van der Waals surface area contributed by atoms with Crippen LogP contribution < -0.4 is 20.9 Å². The van der Waals surface area contributed by atoms with E-state index in [1.54, 1.807) is 19.3 Å². The minimum Gasteiger partial charge on any atom is -0.369 e. The van der Waals surface area contributed by atoms with E-state index in [1.165, 1.54) is 6.33 Å². The molecule has 0 spiro atoms. The van der Waals surface area contributed by atoms with Crippen molar-refractivity contribution in [3.8, 4) is 0 Å². The van der Waals surface area contributed by atoms with Crippen LogP contribution in [0.5, 0.6) is 0 Å². The number of nitrogens with one attached hydrogen (secondary N) is 3. The van der Waals surface area contributed by atoms with Crippen molar-refractivity contribution >= 4 is 34.4 Å². The van der Waals surface area contributed by atoms with Crippen molar-refractivity contribution in [2.45, 2.75) is 38.6 Å². The maximum Gasteiger partial charge on any atom is 0.251 e. The summed E-state index contributed by atoms with van der Waals surface area (Å²) in [5.74, 6) is 1.28. The van der Waals surface area contributed by atoms with Crippen LogP contribution >= 0.6 is 0 Å². The van der Waals surface area contributed by atoms with Gasteiger partial charge in [0.15, 0.2) is 0 Å². The molecule has 1 aromatic carbocycles. The second-order valence-electron chi connectivity index (χ2n) is 9.02. The molecule has 3 aromatic rings. The molecular weight excluding hydrogens is 430 g/mol. The van der Waals surface area contributed by atoms with E-state index in [1.807, 2.05) is 30.0 Å². The van der Waals surface area contributed by atoms with E-state index in [2.05, 4.69) is 50.8 Å². The zero-order chi connectivity index (χ0) is 24.3. The molecule has 0 bridgehead atoms. The summed E-state index contributed by atoms with van der Waals surface area (Å²) in [6.45, 7) is 7.89. The number of pyridine rings is 1. The summed E-state index contributed by atoms with van der Waals surface area (Å²) in [5, 5.41) is 9.93. The topological polar surface area (TPSA) is 112 Å². The number of anilines is 2. The first-order chi connectivity index (χ1) is 16.3. The Kier molecular flexibility index (Phi) is 6.63. The van der Waals surface area contributed by atoms with Gasteiger partial charge in [-0.3, -0.25) is 14.6 Å². The smallest absolute Gasteiger partial charge is 0.251 e. The van der Waals surface area contributed by atoms with Gasteiger partial charge in [0.1, 0.15) is 18.0 Å². The molecule has 178 valence electrons. The summed E-state index contributed by atoms with van der Waals surface area (Å²) >= 11 is 0. The fourth-order valence-electron chi connectivity index (χ4n) is 4.42. The highest BCUT2D eigenvalue weighted by Gasteiger charge is 2.28. The number of carbonyl (C=O) groups is 2. The Balaban J connectivity index is 1.60. The molecule has 3 N–H and O–H groups in total. The standard InChI is InChI=1S/C25H31N7O2/c1-5-25(3,19-8-6-7-17-18(24(34)26-4)9-10-27-23(17)19)14-28-20-11-21(30-15-29-20)32-12-16(2)31-22(33)13-32/h6-11,15-16H,5,12-14H2,1-4H3,(H,26,34)(H,31,33)(H,28,29,30)/t16?,25-/m1/s1. The summed E-state index contributed by atoms with van der Waals surface area (Å²) in [4.78, 5) is 39.7. The number of rotatable bonds is 7. The van der Waals surface area contributed by atoms with E-state index in [0.29, 0.717) is 24.5 Å². The van der Waals surface area contributed by atoms with Crippen LogP contribution in [0.1, 0.15) is 43.1 Å². The molecule has 1 unspecified atom stereocenters. The van der Waals surface area contributed by atoms with Gasteiger partial charge in [0.05, 0.1) is 17.6 Å². The monoisotopic (exact) mass is 461 g/mol. The number of aromatic nitrogens is 3. The first-order valence-electron chi connectivity index (χ1n) is 11.5. The van der Waals surface area contributed by atoms with Gasteiger partial charge >= 0.3 is 0 Å². The van der Waals surface area contributed by atoms with Crippen LogP contribution in [0, 0.1) is 0 Å². The average Bonchev–Trinajstić information content (AvgIpc) is 2.85. The minimum atomic E-state index is -0.265. The van der Waals surface area contributed by atoms with Gasteiger partial charge in [-0.1, -0.05) is 32.0 Å². The number of amides is 2. The molecule has 2 aromatic heterocycles. The van der Waals surface area contributed by atoms with Crippen molar-refractivity contribution in [3.63, 3.8) is 0 Å². The zero-order valence-electron chi connectivity index (χ0n) is 20.1. The van der Waals surface area contributed by atoms with E-state index in [9.17, 15) is 9.59 Å². The van der Waals surface area contributed by atoms with Crippen molar-refractivity contribution in [1.82, 2.24) is 25.6 Å². The number of nitrogens with zero attached hydrogens (tertiary/aromatic N) is 4. The Labute approximate surface area is 199 Å². The van der Waals surface area contributed by atoms with Crippen LogP contribution in [-0.4, -0.2) is 59.5 Å². The average molecular weight is 462 g/mol. The molecule has 0 saturated carbocycles. The molecule has 9 heteroatoms. The fourth-order valence-corrected chi connectivity index (χ4v) is 4.42. The molecule has 1 saturated heterocycles. The number of hydrogen-bond donors (Lipinski definition) is 3. The molecule has 3 heterocycles. The highest BCUT2D eigenvalue weighted by molar-refractivity contribution is 6.06. The normalized spacial score (nSPS) is 17.7. The Bertz CT molecular complexity index is 1210. The van der Waals surface area contributed by atoms with E-state index in [-0.39, 0.29) is 29.8 Å². The second-order valence-corrected chi connectivity index (χ2v) is 9.02. The third kappa shape index (κ3) is 4.64. The Morgan fingerprint density at radius 2 is 2.09 bits per heavy atom. The van der Waals surface area contributed by atoms with Crippen LogP contribution in [0.15, 0.2) is 42.9 Å². The fraction of sp³-hybridized carbons (Fsp3) is 0.400. The zero-order valence-corrected chi connectivity index (χ0v) is 20.1. The van der Waals surface area contributed by atoms with Gasteiger partial charge in [0.2, 0.25) is 5.91 Å². The van der Waals surface area contributed by atoms with E-state index in [0.717, 1.165) is 28.7 Å². The summed E-state index contributed by atoms with van der Waals surface area (Å²) in [7, 11) is 1.63. The second kappa shape index (κ2) is 9.62. The van der Waals surface area contributed by atoms with Crippen LogP contribution in [0.4, 0.5) is 11.6 Å². The molecule has 1 fully saturated rings. The van der Waals surface area contributed by atoms with Crippen molar-refractivity contribution < 1.29 is 9.59 Å². The van der Waals surface area contributed by atoms with Crippen molar-refractivity contribution in [1.29, 1.82) is 0 Å². The number of benzene rings is 1. The maximum absolute atomic E-state index is 12.4. The van der Waals surface area contributed by atoms with Gasteiger partial charge in [0, 0.05) is 49.2 Å². The Morgan fingerprint density at radius 1 is 1.26 bits per heavy atom. The first kappa shape index (κ1) is 23.4. The van der Waals surface area contributed by atoms with Crippen molar-refractivity contribution in [3.05, 3.63) is 54.0 Å². The molecule has 0 aliphatic carbocycles. The Hall–Kier alpha value is -3.75. The molecule has 2 amide bonds. The molecule has 1 aliphatic rings. The molecule has 34 heavy (non-hydrogen) atoms. The van der Waals surface area contributed by atoms with E-state index >= 15 is 0 Å². The molecule has 0 radical (unpaired) electrons. The molecule has 4 rings (SSSR count). The third-order valence-electron chi connectivity index (χ3n) is 6.55. The molecule has 9 nitrogen and oxygen atoms in total. The van der Waals surface area contributed by atoms with Gasteiger partial charge in [-0.25, -0.2) is 9.97 Å². The van der Waals surface area contributed by atoms with Crippen LogP contribution in [0.3, 0.4) is 0 Å². The minimum absolute atomic E-state index is 0.00925. The largest absolute Gasteiger partial charge is 0.369 e. The lowest BCUT2D eigenvalue weighted by molar-refractivity contribution is -0.121. The van der Waals surface area contributed by atoms with Crippen molar-refractivity contribution in [2.75, 3.05) is 36.9 Å². The summed E-state index contributed by atoms with van der Waals surface area (Å²) in [5.41, 5.74) is 2.24.